The second-order valence-electron chi connectivity index (χ2n) is 5.40. The summed E-state index contributed by atoms with van der Waals surface area (Å²) in [5, 5.41) is 0. The second kappa shape index (κ2) is 5.65. The minimum absolute atomic E-state index is 0.00451. The smallest absolute Gasteiger partial charge is 0.119 e. The Morgan fingerprint density at radius 1 is 1.10 bits per heavy atom. The molecule has 20 heavy (non-hydrogen) atoms. The third-order valence-electron chi connectivity index (χ3n) is 3.58. The van der Waals surface area contributed by atoms with Crippen LogP contribution >= 0.6 is 0 Å². The molecule has 0 aromatic heterocycles. The number of nitrogens with one attached hydrogen (secondary N) is 1. The molecule has 0 saturated heterocycles. The van der Waals surface area contributed by atoms with Gasteiger partial charge < -0.3 is 4.74 Å². The van der Waals surface area contributed by atoms with E-state index in [0.29, 0.717) is 6.10 Å². The van der Waals surface area contributed by atoms with Crippen LogP contribution in [0.4, 0.5) is 0 Å². The van der Waals surface area contributed by atoms with Gasteiger partial charge in [-0.15, -0.1) is 0 Å². The molecule has 3 heteroatoms. The number of ether oxygens (including phenoxy) is 1. The molecule has 1 saturated carbocycles. The van der Waals surface area contributed by atoms with E-state index in [0.717, 1.165) is 11.3 Å². The molecule has 3 nitrogen and oxygen atoms in total. The maximum absolute atomic E-state index is 5.77. The molecule has 0 amide bonds. The fourth-order valence-electron chi connectivity index (χ4n) is 2.35. The van der Waals surface area contributed by atoms with Crippen LogP contribution < -0.4 is 16.0 Å². The molecule has 3 rings (SSSR count). The zero-order valence-electron chi connectivity index (χ0n) is 11.7. The Morgan fingerprint density at radius 3 is 2.45 bits per heavy atom. The highest BCUT2D eigenvalue weighted by Crippen LogP contribution is 2.28. The van der Waals surface area contributed by atoms with Crippen molar-refractivity contribution in [3.8, 4) is 5.75 Å². The maximum atomic E-state index is 5.77. The number of aryl methyl sites for hydroxylation is 1. The highest BCUT2D eigenvalue weighted by Gasteiger charge is 2.23. The van der Waals surface area contributed by atoms with E-state index in [2.05, 4.69) is 48.7 Å². The van der Waals surface area contributed by atoms with E-state index in [-0.39, 0.29) is 6.04 Å². The summed E-state index contributed by atoms with van der Waals surface area (Å²) in [7, 11) is 0. The molecule has 104 valence electrons. The number of hydrogen-bond acceptors (Lipinski definition) is 3. The van der Waals surface area contributed by atoms with Crippen molar-refractivity contribution < 1.29 is 4.74 Å². The van der Waals surface area contributed by atoms with E-state index in [4.69, 9.17) is 10.6 Å². The summed E-state index contributed by atoms with van der Waals surface area (Å²) in [6, 6.07) is 16.6. The molecule has 2 aromatic rings. The highest BCUT2D eigenvalue weighted by molar-refractivity contribution is 5.36. The average Bonchev–Trinajstić information content (AvgIpc) is 3.26. The quantitative estimate of drug-likeness (QED) is 0.647. The summed E-state index contributed by atoms with van der Waals surface area (Å²) < 4.78 is 5.77. The molecule has 1 fully saturated rings. The third-order valence-corrected chi connectivity index (χ3v) is 3.58. The van der Waals surface area contributed by atoms with Crippen LogP contribution in [0, 0.1) is 6.92 Å². The van der Waals surface area contributed by atoms with Crippen LogP contribution in [0.15, 0.2) is 48.5 Å². The van der Waals surface area contributed by atoms with Gasteiger partial charge in [-0.3, -0.25) is 5.84 Å². The molecule has 1 atom stereocenters. The van der Waals surface area contributed by atoms with E-state index in [1.54, 1.807) is 0 Å². The first-order valence-electron chi connectivity index (χ1n) is 7.05. The number of hydrazine groups is 1. The molecule has 1 aliphatic carbocycles. The molecule has 0 spiro atoms. The first-order chi connectivity index (χ1) is 9.76. The number of nitrogens with two attached hydrogens (primary N) is 1. The SMILES string of the molecule is Cc1cccc(C(NN)c2ccc(OC3CC3)cc2)c1. The zero-order valence-corrected chi connectivity index (χ0v) is 11.7. The summed E-state index contributed by atoms with van der Waals surface area (Å²) in [5.74, 6) is 6.68. The molecular formula is C17H20N2O. The van der Waals surface area contributed by atoms with Gasteiger partial charge in [-0.2, -0.15) is 0 Å². The van der Waals surface area contributed by atoms with Gasteiger partial charge in [0.25, 0.3) is 0 Å². The van der Waals surface area contributed by atoms with Gasteiger partial charge in [0.1, 0.15) is 5.75 Å². The van der Waals surface area contributed by atoms with Crippen molar-refractivity contribution in [1.29, 1.82) is 0 Å². The Labute approximate surface area is 119 Å². The van der Waals surface area contributed by atoms with Crippen LogP contribution in [0.1, 0.15) is 35.6 Å². The molecule has 1 unspecified atom stereocenters. The van der Waals surface area contributed by atoms with Crippen molar-refractivity contribution in [2.45, 2.75) is 31.9 Å². The van der Waals surface area contributed by atoms with Crippen molar-refractivity contribution in [3.05, 3.63) is 65.2 Å². The van der Waals surface area contributed by atoms with Gasteiger partial charge >= 0.3 is 0 Å². The fraction of sp³-hybridized carbons (Fsp3) is 0.294. The normalized spacial score (nSPS) is 15.9. The van der Waals surface area contributed by atoms with Crippen LogP contribution in [-0.2, 0) is 0 Å². The van der Waals surface area contributed by atoms with Gasteiger partial charge in [0.15, 0.2) is 0 Å². The van der Waals surface area contributed by atoms with E-state index in [1.165, 1.54) is 24.0 Å². The zero-order chi connectivity index (χ0) is 13.9. The van der Waals surface area contributed by atoms with Crippen LogP contribution in [0.2, 0.25) is 0 Å². The summed E-state index contributed by atoms with van der Waals surface area (Å²) in [5.41, 5.74) is 6.44. The lowest BCUT2D eigenvalue weighted by Gasteiger charge is -2.18. The van der Waals surface area contributed by atoms with Crippen molar-refractivity contribution in [2.75, 3.05) is 0 Å². The average molecular weight is 268 g/mol. The van der Waals surface area contributed by atoms with E-state index in [1.807, 2.05) is 12.1 Å². The predicted molar refractivity (Wildman–Crippen MR) is 80.4 cm³/mol. The lowest BCUT2D eigenvalue weighted by atomic mass is 9.98. The summed E-state index contributed by atoms with van der Waals surface area (Å²) in [6.45, 7) is 2.09. The van der Waals surface area contributed by atoms with E-state index in [9.17, 15) is 0 Å². The highest BCUT2D eigenvalue weighted by atomic mass is 16.5. The third kappa shape index (κ3) is 3.00. The topological polar surface area (TPSA) is 47.3 Å². The molecule has 0 heterocycles. The fourth-order valence-corrected chi connectivity index (χ4v) is 2.35. The molecule has 0 aliphatic heterocycles. The lowest BCUT2D eigenvalue weighted by Crippen LogP contribution is -2.28. The lowest BCUT2D eigenvalue weighted by molar-refractivity contribution is 0.303. The first-order valence-corrected chi connectivity index (χ1v) is 7.05. The molecule has 0 bridgehead atoms. The van der Waals surface area contributed by atoms with Crippen LogP contribution in [0.3, 0.4) is 0 Å². The minimum Gasteiger partial charge on any atom is -0.490 e. The summed E-state index contributed by atoms with van der Waals surface area (Å²) in [6.07, 6.45) is 2.79. The molecule has 2 aromatic carbocycles. The van der Waals surface area contributed by atoms with Crippen LogP contribution in [-0.4, -0.2) is 6.10 Å². The largest absolute Gasteiger partial charge is 0.490 e. The molecule has 3 N–H and O–H groups in total. The van der Waals surface area contributed by atoms with Crippen molar-refractivity contribution in [2.24, 2.45) is 5.84 Å². The number of rotatable bonds is 5. The second-order valence-corrected chi connectivity index (χ2v) is 5.40. The Bertz CT molecular complexity index is 576. The summed E-state index contributed by atoms with van der Waals surface area (Å²) >= 11 is 0. The van der Waals surface area contributed by atoms with Crippen molar-refractivity contribution >= 4 is 0 Å². The standard InChI is InChI=1S/C17H20N2O/c1-12-3-2-4-14(11-12)17(19-18)13-5-7-15(8-6-13)20-16-9-10-16/h2-8,11,16-17,19H,9-10,18H2,1H3. The van der Waals surface area contributed by atoms with E-state index >= 15 is 0 Å². The Hall–Kier alpha value is -1.84. The van der Waals surface area contributed by atoms with Crippen molar-refractivity contribution in [1.82, 2.24) is 5.43 Å². The Morgan fingerprint density at radius 2 is 1.85 bits per heavy atom. The molecule has 1 aliphatic rings. The predicted octanol–water partition coefficient (Wildman–Crippen LogP) is 3.09. The Kier molecular flexibility index (Phi) is 3.72. The summed E-state index contributed by atoms with van der Waals surface area (Å²) in [4.78, 5) is 0. The van der Waals surface area contributed by atoms with Gasteiger partial charge in [-0.25, -0.2) is 5.43 Å². The van der Waals surface area contributed by atoms with Crippen LogP contribution in [0.5, 0.6) is 5.75 Å². The van der Waals surface area contributed by atoms with Gasteiger partial charge in [0.05, 0.1) is 12.1 Å². The van der Waals surface area contributed by atoms with E-state index < -0.39 is 0 Å². The van der Waals surface area contributed by atoms with Gasteiger partial charge in [0, 0.05) is 0 Å². The number of benzene rings is 2. The monoisotopic (exact) mass is 268 g/mol. The first kappa shape index (κ1) is 13.2. The van der Waals surface area contributed by atoms with Gasteiger partial charge in [-0.05, 0) is 43.0 Å². The Balaban J connectivity index is 1.81. The number of hydrogen-bond donors (Lipinski definition) is 2. The van der Waals surface area contributed by atoms with Crippen molar-refractivity contribution in [3.63, 3.8) is 0 Å². The maximum Gasteiger partial charge on any atom is 0.119 e. The minimum atomic E-state index is 0.00451. The van der Waals surface area contributed by atoms with Gasteiger partial charge in [-0.1, -0.05) is 42.0 Å². The van der Waals surface area contributed by atoms with Crippen LogP contribution in [0.25, 0.3) is 0 Å². The molecular weight excluding hydrogens is 248 g/mol. The van der Waals surface area contributed by atoms with Gasteiger partial charge in [0.2, 0.25) is 0 Å². The molecule has 0 radical (unpaired) electrons.